The fourth-order valence-corrected chi connectivity index (χ4v) is 2.45. The normalized spacial score (nSPS) is 12.4. The second-order valence-electron chi connectivity index (χ2n) is 5.55. The van der Waals surface area contributed by atoms with E-state index in [0.717, 1.165) is 35.8 Å². The summed E-state index contributed by atoms with van der Waals surface area (Å²) >= 11 is 6.04. The van der Waals surface area contributed by atoms with Crippen LogP contribution in [-0.4, -0.2) is 12.6 Å². The van der Waals surface area contributed by atoms with Crippen molar-refractivity contribution in [3.63, 3.8) is 0 Å². The van der Waals surface area contributed by atoms with Crippen LogP contribution in [0, 0.1) is 0 Å². The van der Waals surface area contributed by atoms with Crippen LogP contribution in [0.2, 0.25) is 5.02 Å². The van der Waals surface area contributed by atoms with E-state index in [9.17, 15) is 0 Å². The fourth-order valence-electron chi connectivity index (χ4n) is 2.26. The molecule has 114 valence electrons. The Hall–Kier alpha value is -0.730. The second-order valence-corrected chi connectivity index (χ2v) is 5.99. The van der Waals surface area contributed by atoms with E-state index in [1.54, 1.807) is 0 Å². The van der Waals surface area contributed by atoms with Gasteiger partial charge in [0.1, 0.15) is 5.75 Å². The molecule has 0 aliphatic carbocycles. The highest BCUT2D eigenvalue weighted by molar-refractivity contribution is 6.30. The maximum atomic E-state index is 6.04. The summed E-state index contributed by atoms with van der Waals surface area (Å²) in [5.41, 5.74) is 6.98. The molecule has 0 radical (unpaired) electrons. The van der Waals surface area contributed by atoms with Crippen LogP contribution in [0.3, 0.4) is 0 Å². The molecule has 1 atom stereocenters. The van der Waals surface area contributed by atoms with Gasteiger partial charge in [-0.05, 0) is 43.5 Å². The molecule has 2 N–H and O–H groups in total. The van der Waals surface area contributed by atoms with Crippen molar-refractivity contribution in [3.8, 4) is 5.75 Å². The molecule has 1 rings (SSSR count). The van der Waals surface area contributed by atoms with Gasteiger partial charge >= 0.3 is 0 Å². The summed E-state index contributed by atoms with van der Waals surface area (Å²) < 4.78 is 5.89. The minimum atomic E-state index is 0.116. The van der Waals surface area contributed by atoms with Crippen molar-refractivity contribution in [2.45, 2.75) is 64.8 Å². The Morgan fingerprint density at radius 2 is 1.85 bits per heavy atom. The number of unbranched alkanes of at least 4 members (excludes halogenated alkanes) is 5. The van der Waals surface area contributed by atoms with Crippen molar-refractivity contribution in [2.75, 3.05) is 6.61 Å². The summed E-state index contributed by atoms with van der Waals surface area (Å²) in [5, 5.41) is 0.743. The summed E-state index contributed by atoms with van der Waals surface area (Å²) in [6, 6.07) is 5.91. The molecular formula is C17H28ClNO. The van der Waals surface area contributed by atoms with Gasteiger partial charge in [0.05, 0.1) is 6.61 Å². The lowest BCUT2D eigenvalue weighted by molar-refractivity contribution is 0.301. The number of hydrogen-bond donors (Lipinski definition) is 1. The first-order chi connectivity index (χ1) is 9.63. The third-order valence-electron chi connectivity index (χ3n) is 3.32. The molecule has 0 aromatic heterocycles. The maximum absolute atomic E-state index is 6.04. The largest absolute Gasteiger partial charge is 0.493 e. The number of benzene rings is 1. The molecule has 0 fully saturated rings. The predicted molar refractivity (Wildman–Crippen MR) is 87.7 cm³/mol. The molecule has 1 aromatic rings. The zero-order valence-corrected chi connectivity index (χ0v) is 13.6. The SMILES string of the molecule is CCCCCCCCOc1ccc(Cl)cc1CC(C)N. The minimum Gasteiger partial charge on any atom is -0.493 e. The van der Waals surface area contributed by atoms with E-state index in [-0.39, 0.29) is 6.04 Å². The Morgan fingerprint density at radius 3 is 2.55 bits per heavy atom. The Bertz CT molecular complexity index is 379. The molecule has 1 aromatic carbocycles. The van der Waals surface area contributed by atoms with Crippen molar-refractivity contribution in [2.24, 2.45) is 5.73 Å². The highest BCUT2D eigenvalue weighted by Gasteiger charge is 2.07. The maximum Gasteiger partial charge on any atom is 0.122 e. The first-order valence-corrected chi connectivity index (χ1v) is 8.18. The average molecular weight is 298 g/mol. The van der Waals surface area contributed by atoms with E-state index in [1.807, 2.05) is 25.1 Å². The molecule has 0 saturated heterocycles. The van der Waals surface area contributed by atoms with Crippen molar-refractivity contribution < 1.29 is 4.74 Å². The lowest BCUT2D eigenvalue weighted by Gasteiger charge is -2.13. The molecule has 0 spiro atoms. The van der Waals surface area contributed by atoms with E-state index >= 15 is 0 Å². The lowest BCUT2D eigenvalue weighted by Crippen LogP contribution is -2.18. The van der Waals surface area contributed by atoms with E-state index < -0.39 is 0 Å². The summed E-state index contributed by atoms with van der Waals surface area (Å²) in [6.45, 7) is 5.02. The van der Waals surface area contributed by atoms with E-state index in [2.05, 4.69) is 6.92 Å². The summed E-state index contributed by atoms with van der Waals surface area (Å²) in [6.07, 6.45) is 8.45. The van der Waals surface area contributed by atoms with Crippen molar-refractivity contribution in [1.82, 2.24) is 0 Å². The molecule has 0 saturated carbocycles. The van der Waals surface area contributed by atoms with Gasteiger partial charge in [-0.15, -0.1) is 0 Å². The Morgan fingerprint density at radius 1 is 1.15 bits per heavy atom. The monoisotopic (exact) mass is 297 g/mol. The third kappa shape index (κ3) is 7.16. The van der Waals surface area contributed by atoms with Crippen LogP contribution >= 0.6 is 11.6 Å². The summed E-state index contributed by atoms with van der Waals surface area (Å²) in [4.78, 5) is 0. The molecule has 20 heavy (non-hydrogen) atoms. The highest BCUT2D eigenvalue weighted by atomic mass is 35.5. The third-order valence-corrected chi connectivity index (χ3v) is 3.55. The number of ether oxygens (including phenoxy) is 1. The first-order valence-electron chi connectivity index (χ1n) is 7.80. The standard InChI is InChI=1S/C17H28ClNO/c1-3-4-5-6-7-8-11-20-17-10-9-16(18)13-15(17)12-14(2)19/h9-10,13-14H,3-8,11-12,19H2,1-2H3. The molecule has 0 amide bonds. The van der Waals surface area contributed by atoms with Crippen LogP contribution in [0.4, 0.5) is 0 Å². The molecule has 0 bridgehead atoms. The summed E-state index contributed by atoms with van der Waals surface area (Å²) in [7, 11) is 0. The van der Waals surface area contributed by atoms with Crippen LogP contribution < -0.4 is 10.5 Å². The Balaban J connectivity index is 2.35. The fraction of sp³-hybridized carbons (Fsp3) is 0.647. The van der Waals surface area contributed by atoms with Gasteiger partial charge in [-0.25, -0.2) is 0 Å². The van der Waals surface area contributed by atoms with Gasteiger partial charge in [-0.1, -0.05) is 50.6 Å². The highest BCUT2D eigenvalue weighted by Crippen LogP contribution is 2.24. The first kappa shape index (κ1) is 17.3. The van der Waals surface area contributed by atoms with E-state index in [0.29, 0.717) is 0 Å². The molecule has 2 nitrogen and oxygen atoms in total. The van der Waals surface area contributed by atoms with Gasteiger partial charge in [-0.2, -0.15) is 0 Å². The van der Waals surface area contributed by atoms with E-state index in [4.69, 9.17) is 22.1 Å². The number of halogens is 1. The van der Waals surface area contributed by atoms with E-state index in [1.165, 1.54) is 32.1 Å². The average Bonchev–Trinajstić information content (AvgIpc) is 2.39. The van der Waals surface area contributed by atoms with Gasteiger partial charge in [0.15, 0.2) is 0 Å². The molecular weight excluding hydrogens is 270 g/mol. The molecule has 0 heterocycles. The zero-order chi connectivity index (χ0) is 14.8. The number of nitrogens with two attached hydrogens (primary N) is 1. The van der Waals surface area contributed by atoms with Crippen molar-refractivity contribution in [3.05, 3.63) is 28.8 Å². The van der Waals surface area contributed by atoms with Gasteiger partial charge in [0.25, 0.3) is 0 Å². The molecule has 3 heteroatoms. The zero-order valence-electron chi connectivity index (χ0n) is 12.8. The second kappa shape index (κ2) is 10.1. The predicted octanol–water partition coefficient (Wildman–Crippen LogP) is 4.97. The van der Waals surface area contributed by atoms with Crippen LogP contribution in [0.1, 0.15) is 57.9 Å². The van der Waals surface area contributed by atoms with Crippen molar-refractivity contribution >= 4 is 11.6 Å². The molecule has 1 unspecified atom stereocenters. The summed E-state index contributed by atoms with van der Waals surface area (Å²) in [5.74, 6) is 0.931. The molecule has 0 aliphatic heterocycles. The van der Waals surface area contributed by atoms with Crippen LogP contribution in [-0.2, 0) is 6.42 Å². The topological polar surface area (TPSA) is 35.2 Å². The van der Waals surface area contributed by atoms with Crippen molar-refractivity contribution in [1.29, 1.82) is 0 Å². The Kier molecular flexibility index (Phi) is 8.72. The Labute approximate surface area is 128 Å². The number of rotatable bonds is 10. The minimum absolute atomic E-state index is 0.116. The van der Waals surface area contributed by atoms with Gasteiger partial charge in [0, 0.05) is 11.1 Å². The smallest absolute Gasteiger partial charge is 0.122 e. The van der Waals surface area contributed by atoms with Gasteiger partial charge in [-0.3, -0.25) is 0 Å². The molecule has 0 aliphatic rings. The van der Waals surface area contributed by atoms with Gasteiger partial charge < -0.3 is 10.5 Å². The quantitative estimate of drug-likeness (QED) is 0.619. The van der Waals surface area contributed by atoms with Crippen LogP contribution in [0.5, 0.6) is 5.75 Å². The van der Waals surface area contributed by atoms with Gasteiger partial charge in [0.2, 0.25) is 0 Å². The van der Waals surface area contributed by atoms with Crippen LogP contribution in [0.25, 0.3) is 0 Å². The number of hydrogen-bond acceptors (Lipinski definition) is 2. The van der Waals surface area contributed by atoms with Crippen LogP contribution in [0.15, 0.2) is 18.2 Å². The lowest BCUT2D eigenvalue weighted by atomic mass is 10.1.